The summed E-state index contributed by atoms with van der Waals surface area (Å²) in [5.74, 6) is 0.608. The summed E-state index contributed by atoms with van der Waals surface area (Å²) in [7, 11) is 0. The Balaban J connectivity index is 4.07. The van der Waals surface area contributed by atoms with E-state index in [1.54, 1.807) is 0 Å². The Morgan fingerprint density at radius 3 is 1.85 bits per heavy atom. The molecule has 0 aromatic carbocycles. The molecule has 80 valence electrons. The van der Waals surface area contributed by atoms with Crippen LogP contribution in [-0.2, 0) is 4.74 Å². The molecule has 0 bridgehead atoms. The van der Waals surface area contributed by atoms with Crippen LogP contribution in [0, 0.1) is 5.92 Å². The van der Waals surface area contributed by atoms with Gasteiger partial charge in [0.05, 0.1) is 6.10 Å². The first kappa shape index (κ1) is 12.9. The van der Waals surface area contributed by atoms with Gasteiger partial charge in [-0.25, -0.2) is 0 Å². The highest BCUT2D eigenvalue weighted by Gasteiger charge is 2.22. The highest BCUT2D eigenvalue weighted by Crippen LogP contribution is 2.17. The van der Waals surface area contributed by atoms with Gasteiger partial charge in [-0.1, -0.05) is 33.6 Å². The molecule has 2 N–H and O–H groups in total. The van der Waals surface area contributed by atoms with Gasteiger partial charge in [-0.05, 0) is 19.3 Å². The molecule has 0 aliphatic carbocycles. The molecule has 0 radical (unpaired) electrons. The largest absolute Gasteiger partial charge is 0.377 e. The van der Waals surface area contributed by atoms with E-state index in [0.717, 1.165) is 25.9 Å². The second-order valence-corrected chi connectivity index (χ2v) is 3.56. The van der Waals surface area contributed by atoms with Crippen LogP contribution < -0.4 is 5.73 Å². The van der Waals surface area contributed by atoms with Gasteiger partial charge in [0.25, 0.3) is 0 Å². The molecule has 0 aliphatic rings. The van der Waals surface area contributed by atoms with Crippen LogP contribution in [0.25, 0.3) is 0 Å². The lowest BCUT2D eigenvalue weighted by molar-refractivity contribution is 0.0255. The fourth-order valence-electron chi connectivity index (χ4n) is 1.85. The second-order valence-electron chi connectivity index (χ2n) is 3.56. The van der Waals surface area contributed by atoms with Crippen LogP contribution >= 0.6 is 0 Å². The summed E-state index contributed by atoms with van der Waals surface area (Å²) in [6.07, 6.45) is 3.57. The van der Waals surface area contributed by atoms with Crippen molar-refractivity contribution in [2.45, 2.75) is 59.1 Å². The molecule has 0 rings (SSSR count). The van der Waals surface area contributed by atoms with Gasteiger partial charge in [0.1, 0.15) is 0 Å². The Kier molecular flexibility index (Phi) is 7.29. The predicted molar refractivity (Wildman–Crippen MR) is 57.8 cm³/mol. The van der Waals surface area contributed by atoms with Gasteiger partial charge in [0.15, 0.2) is 0 Å². The summed E-state index contributed by atoms with van der Waals surface area (Å²) >= 11 is 0. The Morgan fingerprint density at radius 1 is 1.00 bits per heavy atom. The fraction of sp³-hybridized carbons (Fsp3) is 1.00. The summed E-state index contributed by atoms with van der Waals surface area (Å²) in [5, 5.41) is 0. The Bertz CT molecular complexity index is 113. The maximum Gasteiger partial charge on any atom is 0.0725 e. The smallest absolute Gasteiger partial charge is 0.0725 e. The molecular weight excluding hydrogens is 162 g/mol. The van der Waals surface area contributed by atoms with Crippen LogP contribution in [0.3, 0.4) is 0 Å². The van der Waals surface area contributed by atoms with Gasteiger partial charge >= 0.3 is 0 Å². The normalized spacial score (nSPS) is 16.2. The van der Waals surface area contributed by atoms with Crippen LogP contribution in [0.1, 0.15) is 47.0 Å². The molecule has 0 aromatic rings. The maximum absolute atomic E-state index is 6.15. The molecule has 0 saturated heterocycles. The second kappa shape index (κ2) is 7.34. The average molecular weight is 187 g/mol. The van der Waals surface area contributed by atoms with E-state index in [9.17, 15) is 0 Å². The van der Waals surface area contributed by atoms with Crippen LogP contribution in [-0.4, -0.2) is 18.8 Å². The first-order chi connectivity index (χ1) is 6.21. The molecule has 0 spiro atoms. The van der Waals surface area contributed by atoms with E-state index >= 15 is 0 Å². The zero-order valence-electron chi connectivity index (χ0n) is 9.55. The number of ether oxygens (including phenoxy) is 1. The number of hydrogen-bond donors (Lipinski definition) is 1. The zero-order valence-corrected chi connectivity index (χ0v) is 9.55. The number of rotatable bonds is 7. The molecule has 0 aromatic heterocycles. The SMILES string of the molecule is CCOC(CC)C(N)C(CC)CC. The van der Waals surface area contributed by atoms with Crippen molar-refractivity contribution in [3.05, 3.63) is 0 Å². The van der Waals surface area contributed by atoms with Crippen molar-refractivity contribution in [3.63, 3.8) is 0 Å². The quantitative estimate of drug-likeness (QED) is 0.665. The minimum absolute atomic E-state index is 0.208. The summed E-state index contributed by atoms with van der Waals surface area (Å²) < 4.78 is 5.61. The highest BCUT2D eigenvalue weighted by atomic mass is 16.5. The lowest BCUT2D eigenvalue weighted by Gasteiger charge is -2.28. The fourth-order valence-corrected chi connectivity index (χ4v) is 1.85. The summed E-state index contributed by atoms with van der Waals surface area (Å²) in [6.45, 7) is 9.34. The third-order valence-corrected chi connectivity index (χ3v) is 2.81. The summed E-state index contributed by atoms with van der Waals surface area (Å²) in [5.41, 5.74) is 6.15. The molecular formula is C11H25NO. The molecule has 2 heteroatoms. The lowest BCUT2D eigenvalue weighted by Crippen LogP contribution is -2.42. The maximum atomic E-state index is 6.15. The molecule has 0 saturated carbocycles. The van der Waals surface area contributed by atoms with Gasteiger partial charge in [0, 0.05) is 12.6 Å². The molecule has 0 fully saturated rings. The van der Waals surface area contributed by atoms with Crippen LogP contribution in [0.4, 0.5) is 0 Å². The third-order valence-electron chi connectivity index (χ3n) is 2.81. The van der Waals surface area contributed by atoms with E-state index in [2.05, 4.69) is 20.8 Å². The first-order valence-corrected chi connectivity index (χ1v) is 5.58. The topological polar surface area (TPSA) is 35.2 Å². The molecule has 2 nitrogen and oxygen atoms in total. The zero-order chi connectivity index (χ0) is 10.3. The van der Waals surface area contributed by atoms with Crippen molar-refractivity contribution in [1.29, 1.82) is 0 Å². The Labute approximate surface area is 82.8 Å². The van der Waals surface area contributed by atoms with Gasteiger partial charge in [-0.15, -0.1) is 0 Å². The molecule has 0 aliphatic heterocycles. The van der Waals surface area contributed by atoms with E-state index in [1.807, 2.05) is 6.92 Å². The van der Waals surface area contributed by atoms with Crippen LogP contribution in [0.15, 0.2) is 0 Å². The number of nitrogens with two attached hydrogens (primary N) is 1. The van der Waals surface area contributed by atoms with Crippen LogP contribution in [0.5, 0.6) is 0 Å². The minimum atomic E-state index is 0.208. The van der Waals surface area contributed by atoms with Gasteiger partial charge in [-0.3, -0.25) is 0 Å². The summed E-state index contributed by atoms with van der Waals surface area (Å²) in [4.78, 5) is 0. The Hall–Kier alpha value is -0.0800. The van der Waals surface area contributed by atoms with Crippen molar-refractivity contribution < 1.29 is 4.74 Å². The molecule has 0 heterocycles. The van der Waals surface area contributed by atoms with E-state index < -0.39 is 0 Å². The third kappa shape index (κ3) is 4.10. The highest BCUT2D eigenvalue weighted by molar-refractivity contribution is 4.78. The average Bonchev–Trinajstić information content (AvgIpc) is 2.15. The standard InChI is InChI=1S/C11H25NO/c1-5-9(6-2)11(12)10(7-3)13-8-4/h9-11H,5-8,12H2,1-4H3. The van der Waals surface area contributed by atoms with Crippen molar-refractivity contribution >= 4 is 0 Å². The predicted octanol–water partition coefficient (Wildman–Crippen LogP) is 2.57. The minimum Gasteiger partial charge on any atom is -0.377 e. The van der Waals surface area contributed by atoms with Crippen molar-refractivity contribution in [2.75, 3.05) is 6.61 Å². The van der Waals surface area contributed by atoms with E-state index in [4.69, 9.17) is 10.5 Å². The van der Waals surface area contributed by atoms with Crippen molar-refractivity contribution in [3.8, 4) is 0 Å². The van der Waals surface area contributed by atoms with Crippen LogP contribution in [0.2, 0.25) is 0 Å². The monoisotopic (exact) mass is 187 g/mol. The molecule has 2 atom stereocenters. The van der Waals surface area contributed by atoms with Gasteiger partial charge < -0.3 is 10.5 Å². The first-order valence-electron chi connectivity index (χ1n) is 5.58. The summed E-state index contributed by atoms with van der Waals surface area (Å²) in [6, 6.07) is 0.208. The van der Waals surface area contributed by atoms with Crippen molar-refractivity contribution in [1.82, 2.24) is 0 Å². The van der Waals surface area contributed by atoms with Gasteiger partial charge in [0.2, 0.25) is 0 Å². The van der Waals surface area contributed by atoms with E-state index in [-0.39, 0.29) is 12.1 Å². The van der Waals surface area contributed by atoms with Gasteiger partial charge in [-0.2, -0.15) is 0 Å². The van der Waals surface area contributed by atoms with Crippen molar-refractivity contribution in [2.24, 2.45) is 11.7 Å². The lowest BCUT2D eigenvalue weighted by atomic mass is 9.90. The molecule has 13 heavy (non-hydrogen) atoms. The molecule has 2 unspecified atom stereocenters. The van der Waals surface area contributed by atoms with E-state index in [0.29, 0.717) is 5.92 Å². The number of hydrogen-bond acceptors (Lipinski definition) is 2. The van der Waals surface area contributed by atoms with E-state index in [1.165, 1.54) is 0 Å². The molecule has 0 amide bonds. The Morgan fingerprint density at radius 2 is 1.54 bits per heavy atom.